The molecule has 0 spiro atoms. The van der Waals surface area contributed by atoms with Crippen LogP contribution in [0.4, 0.5) is 0 Å². The summed E-state index contributed by atoms with van der Waals surface area (Å²) in [5.74, 6) is 0.979. The van der Waals surface area contributed by atoms with Gasteiger partial charge in [0.15, 0.2) is 11.5 Å². The summed E-state index contributed by atoms with van der Waals surface area (Å²) in [5.41, 5.74) is 2.84. The SMILES string of the molecule is C[C@H]1Cc2cc(Br)cc3c(=O)c(C(=O)NCc4ccc5c(c4)OCO5)cn1c23. The summed E-state index contributed by atoms with van der Waals surface area (Å²) in [6.45, 7) is 2.59. The van der Waals surface area contributed by atoms with Crippen LogP contribution in [0.3, 0.4) is 0 Å². The first-order chi connectivity index (χ1) is 13.5. The van der Waals surface area contributed by atoms with Crippen molar-refractivity contribution >= 4 is 32.7 Å². The van der Waals surface area contributed by atoms with E-state index in [9.17, 15) is 9.59 Å². The summed E-state index contributed by atoms with van der Waals surface area (Å²) < 4.78 is 13.5. The number of carbonyl (C=O) groups excluding carboxylic acids is 1. The second-order valence-electron chi connectivity index (χ2n) is 7.16. The van der Waals surface area contributed by atoms with E-state index in [0.717, 1.165) is 27.5 Å². The van der Waals surface area contributed by atoms with Crippen LogP contribution < -0.4 is 20.2 Å². The number of nitrogens with one attached hydrogen (secondary N) is 1. The molecule has 0 saturated heterocycles. The van der Waals surface area contributed by atoms with Crippen molar-refractivity contribution in [2.75, 3.05) is 6.79 Å². The van der Waals surface area contributed by atoms with Crippen LogP contribution in [0.5, 0.6) is 11.5 Å². The smallest absolute Gasteiger partial charge is 0.257 e. The lowest BCUT2D eigenvalue weighted by atomic mass is 10.1. The fraction of sp³-hybridized carbons (Fsp3) is 0.238. The van der Waals surface area contributed by atoms with Gasteiger partial charge in [-0.15, -0.1) is 0 Å². The number of carbonyl (C=O) groups is 1. The number of rotatable bonds is 3. The summed E-state index contributed by atoms with van der Waals surface area (Å²) in [6, 6.07) is 9.56. The van der Waals surface area contributed by atoms with E-state index < -0.39 is 0 Å². The van der Waals surface area contributed by atoms with Crippen molar-refractivity contribution in [3.05, 3.63) is 67.9 Å². The minimum absolute atomic E-state index is 0.158. The Bertz CT molecular complexity index is 1200. The van der Waals surface area contributed by atoms with Crippen molar-refractivity contribution in [3.8, 4) is 11.5 Å². The first-order valence-electron chi connectivity index (χ1n) is 9.05. The van der Waals surface area contributed by atoms with Crippen LogP contribution in [-0.2, 0) is 13.0 Å². The molecule has 7 heteroatoms. The lowest BCUT2D eigenvalue weighted by Gasteiger charge is -2.13. The molecule has 0 bridgehead atoms. The summed E-state index contributed by atoms with van der Waals surface area (Å²) >= 11 is 3.48. The van der Waals surface area contributed by atoms with E-state index in [2.05, 4.69) is 28.2 Å². The fourth-order valence-electron chi connectivity index (χ4n) is 3.95. The Labute approximate surface area is 169 Å². The summed E-state index contributed by atoms with van der Waals surface area (Å²) in [6.07, 6.45) is 2.53. The molecule has 0 saturated carbocycles. The van der Waals surface area contributed by atoms with Gasteiger partial charge in [0.2, 0.25) is 12.2 Å². The maximum Gasteiger partial charge on any atom is 0.257 e. The van der Waals surface area contributed by atoms with Gasteiger partial charge >= 0.3 is 0 Å². The monoisotopic (exact) mass is 440 g/mol. The van der Waals surface area contributed by atoms with Gasteiger partial charge in [-0.05, 0) is 48.7 Å². The van der Waals surface area contributed by atoms with Crippen molar-refractivity contribution < 1.29 is 14.3 Å². The molecule has 0 aliphatic carbocycles. The molecule has 3 aromatic rings. The van der Waals surface area contributed by atoms with Crippen molar-refractivity contribution in [1.82, 2.24) is 9.88 Å². The van der Waals surface area contributed by atoms with Crippen LogP contribution in [0.15, 0.2) is 45.8 Å². The topological polar surface area (TPSA) is 69.6 Å². The number of fused-ring (bicyclic) bond motifs is 1. The van der Waals surface area contributed by atoms with Gasteiger partial charge < -0.3 is 19.4 Å². The second-order valence-corrected chi connectivity index (χ2v) is 8.08. The fourth-order valence-corrected chi connectivity index (χ4v) is 4.46. The molecule has 3 heterocycles. The van der Waals surface area contributed by atoms with E-state index >= 15 is 0 Å². The number of halogens is 1. The number of pyridine rings is 1. The van der Waals surface area contributed by atoms with Gasteiger partial charge in [-0.1, -0.05) is 22.0 Å². The van der Waals surface area contributed by atoms with Gasteiger partial charge in [0.05, 0.1) is 5.52 Å². The highest BCUT2D eigenvalue weighted by Crippen LogP contribution is 2.34. The van der Waals surface area contributed by atoms with Crippen molar-refractivity contribution in [2.45, 2.75) is 25.9 Å². The molecule has 142 valence electrons. The molecule has 2 aliphatic heterocycles. The molecular formula is C21H17BrN2O4. The quantitative estimate of drug-likeness (QED) is 0.675. The van der Waals surface area contributed by atoms with Crippen LogP contribution in [0.1, 0.15) is 34.5 Å². The average Bonchev–Trinajstić information content (AvgIpc) is 3.26. The zero-order valence-electron chi connectivity index (χ0n) is 15.1. The number of nitrogens with zero attached hydrogens (tertiary/aromatic N) is 1. The largest absolute Gasteiger partial charge is 0.454 e. The molecule has 1 amide bonds. The normalized spacial score (nSPS) is 16.6. The first-order valence-corrected chi connectivity index (χ1v) is 9.84. The molecule has 1 N–H and O–H groups in total. The van der Waals surface area contributed by atoms with Gasteiger partial charge in [-0.2, -0.15) is 0 Å². The Morgan fingerprint density at radius 1 is 1.25 bits per heavy atom. The van der Waals surface area contributed by atoms with Gasteiger partial charge in [0.1, 0.15) is 5.56 Å². The van der Waals surface area contributed by atoms with Gasteiger partial charge in [-0.3, -0.25) is 9.59 Å². The summed E-state index contributed by atoms with van der Waals surface area (Å²) in [7, 11) is 0. The zero-order chi connectivity index (χ0) is 19.4. The predicted molar refractivity (Wildman–Crippen MR) is 108 cm³/mol. The highest BCUT2D eigenvalue weighted by molar-refractivity contribution is 9.10. The summed E-state index contributed by atoms with van der Waals surface area (Å²) in [5, 5.41) is 3.42. The van der Waals surface area contributed by atoms with E-state index in [1.165, 1.54) is 0 Å². The van der Waals surface area contributed by atoms with Crippen LogP contribution in [-0.4, -0.2) is 17.3 Å². The third kappa shape index (κ3) is 2.69. The molecule has 1 atom stereocenters. The molecule has 5 rings (SSSR count). The number of amides is 1. The third-order valence-electron chi connectivity index (χ3n) is 5.29. The van der Waals surface area contributed by atoms with Gasteiger partial charge in [-0.25, -0.2) is 0 Å². The molecule has 0 radical (unpaired) electrons. The minimum Gasteiger partial charge on any atom is -0.454 e. The molecular weight excluding hydrogens is 424 g/mol. The van der Waals surface area contributed by atoms with Crippen LogP contribution in [0.2, 0.25) is 0 Å². The molecule has 28 heavy (non-hydrogen) atoms. The van der Waals surface area contributed by atoms with E-state index in [1.54, 1.807) is 12.3 Å². The highest BCUT2D eigenvalue weighted by atomic mass is 79.9. The highest BCUT2D eigenvalue weighted by Gasteiger charge is 2.25. The standard InChI is InChI=1S/C21H17BrN2O4/c1-11-4-13-6-14(22)7-15-19(13)24(11)9-16(20(15)25)21(26)23-8-12-2-3-17-18(5-12)28-10-27-17/h2-3,5-7,9,11H,4,8,10H2,1H3,(H,23,26)/t11-/m0/s1. The van der Waals surface area contributed by atoms with Crippen LogP contribution >= 0.6 is 15.9 Å². The minimum atomic E-state index is -0.381. The van der Waals surface area contributed by atoms with Crippen LogP contribution in [0, 0.1) is 0 Å². The number of hydrogen-bond acceptors (Lipinski definition) is 4. The Morgan fingerprint density at radius 2 is 2.07 bits per heavy atom. The molecule has 6 nitrogen and oxygen atoms in total. The maximum atomic E-state index is 13.0. The Morgan fingerprint density at radius 3 is 2.93 bits per heavy atom. The maximum absolute atomic E-state index is 13.0. The zero-order valence-corrected chi connectivity index (χ0v) is 16.7. The Hall–Kier alpha value is -2.80. The van der Waals surface area contributed by atoms with Crippen molar-refractivity contribution in [2.24, 2.45) is 0 Å². The molecule has 2 aromatic carbocycles. The number of hydrogen-bond donors (Lipinski definition) is 1. The Balaban J connectivity index is 1.47. The average molecular weight is 441 g/mol. The van der Waals surface area contributed by atoms with Crippen molar-refractivity contribution in [3.63, 3.8) is 0 Å². The molecule has 1 aromatic heterocycles. The van der Waals surface area contributed by atoms with E-state index in [1.807, 2.05) is 28.8 Å². The molecule has 0 fully saturated rings. The van der Waals surface area contributed by atoms with E-state index in [-0.39, 0.29) is 29.7 Å². The first kappa shape index (κ1) is 17.3. The van der Waals surface area contributed by atoms with E-state index in [4.69, 9.17) is 9.47 Å². The van der Waals surface area contributed by atoms with Crippen molar-refractivity contribution in [1.29, 1.82) is 0 Å². The third-order valence-corrected chi connectivity index (χ3v) is 5.75. The lowest BCUT2D eigenvalue weighted by Crippen LogP contribution is -2.29. The number of aromatic nitrogens is 1. The predicted octanol–water partition coefficient (Wildman–Crippen LogP) is 3.54. The summed E-state index contributed by atoms with van der Waals surface area (Å²) in [4.78, 5) is 25.8. The van der Waals surface area contributed by atoms with E-state index in [0.29, 0.717) is 23.4 Å². The lowest BCUT2D eigenvalue weighted by molar-refractivity contribution is 0.0949. The second kappa shape index (κ2) is 6.38. The molecule has 0 unspecified atom stereocenters. The number of benzene rings is 2. The Kier molecular flexibility index (Phi) is 3.94. The van der Waals surface area contributed by atoms with Gasteiger partial charge in [0, 0.05) is 28.6 Å². The molecule has 2 aliphatic rings. The number of ether oxygens (including phenoxy) is 2. The van der Waals surface area contributed by atoms with Gasteiger partial charge in [0.25, 0.3) is 5.91 Å². The van der Waals surface area contributed by atoms with Crippen LogP contribution in [0.25, 0.3) is 10.9 Å².